The predicted octanol–water partition coefficient (Wildman–Crippen LogP) is 3.87. The number of aliphatic hydroxyl groups is 1. The Hall–Kier alpha value is -4.08. The summed E-state index contributed by atoms with van der Waals surface area (Å²) in [7, 11) is 5.98. The number of hydrogen-bond donors (Lipinski definition) is 3. The summed E-state index contributed by atoms with van der Waals surface area (Å²) in [4.78, 5) is 32.1. The molecule has 0 radical (unpaired) electrons. The van der Waals surface area contributed by atoms with Crippen LogP contribution in [0.25, 0.3) is 0 Å². The zero-order valence-electron chi connectivity index (χ0n) is 25.2. The number of likely N-dealkylation sites (N-methyl/N-ethyl adjacent to an activating group) is 1. The molecule has 0 spiro atoms. The molecule has 4 N–H and O–H groups in total. The third-order valence-corrected chi connectivity index (χ3v) is 7.79. The van der Waals surface area contributed by atoms with Gasteiger partial charge in [0, 0.05) is 56.5 Å². The van der Waals surface area contributed by atoms with Crippen LogP contribution in [0.2, 0.25) is 0 Å². The Labute approximate surface area is 248 Å². The van der Waals surface area contributed by atoms with Gasteiger partial charge < -0.3 is 30.7 Å². The molecule has 9 nitrogen and oxygen atoms in total. The molecule has 0 saturated heterocycles. The van der Waals surface area contributed by atoms with Crippen LogP contribution in [0, 0.1) is 5.92 Å². The van der Waals surface area contributed by atoms with Crippen molar-refractivity contribution in [3.8, 4) is 5.75 Å². The number of carbonyl (C=O) groups excluding carboxylic acids is 2. The van der Waals surface area contributed by atoms with Crippen LogP contribution in [-0.2, 0) is 17.8 Å². The third-order valence-electron chi connectivity index (χ3n) is 7.79. The maximum Gasteiger partial charge on any atom is 0.255 e. The van der Waals surface area contributed by atoms with E-state index in [2.05, 4.69) is 17.1 Å². The number of carbonyl (C=O) groups is 2. The van der Waals surface area contributed by atoms with Crippen LogP contribution < -0.4 is 20.7 Å². The molecule has 0 saturated carbocycles. The maximum atomic E-state index is 13.4. The molecule has 3 aromatic rings. The van der Waals surface area contributed by atoms with E-state index < -0.39 is 0 Å². The number of amides is 2. The van der Waals surface area contributed by atoms with Gasteiger partial charge in [0.05, 0.1) is 30.4 Å². The molecule has 0 aliphatic carbocycles. The van der Waals surface area contributed by atoms with Gasteiger partial charge in [0.25, 0.3) is 5.91 Å². The van der Waals surface area contributed by atoms with Gasteiger partial charge in [0.2, 0.25) is 5.91 Å². The monoisotopic (exact) mass is 573 g/mol. The molecule has 42 heavy (non-hydrogen) atoms. The van der Waals surface area contributed by atoms with Crippen molar-refractivity contribution in [2.24, 2.45) is 5.92 Å². The van der Waals surface area contributed by atoms with E-state index in [-0.39, 0.29) is 42.9 Å². The highest BCUT2D eigenvalue weighted by Crippen LogP contribution is 2.30. The number of benzene rings is 3. The van der Waals surface area contributed by atoms with Gasteiger partial charge in [-0.3, -0.25) is 14.5 Å². The van der Waals surface area contributed by atoms with Crippen LogP contribution in [0.1, 0.15) is 35.3 Å². The van der Waals surface area contributed by atoms with Crippen molar-refractivity contribution in [3.05, 3.63) is 83.4 Å². The first kappa shape index (κ1) is 30.9. The maximum absolute atomic E-state index is 13.4. The van der Waals surface area contributed by atoms with Gasteiger partial charge in [0.1, 0.15) is 11.9 Å². The van der Waals surface area contributed by atoms with Crippen LogP contribution in [0.3, 0.4) is 0 Å². The first-order valence-electron chi connectivity index (χ1n) is 14.4. The van der Waals surface area contributed by atoms with Crippen molar-refractivity contribution in [2.45, 2.75) is 39.0 Å². The Balaban J connectivity index is 1.48. The van der Waals surface area contributed by atoms with Gasteiger partial charge in [0.15, 0.2) is 0 Å². The van der Waals surface area contributed by atoms with Crippen molar-refractivity contribution in [2.75, 3.05) is 56.8 Å². The quantitative estimate of drug-likeness (QED) is 0.333. The normalized spacial score (nSPS) is 17.9. The second-order valence-electron chi connectivity index (χ2n) is 11.5. The Morgan fingerprint density at radius 3 is 2.50 bits per heavy atom. The summed E-state index contributed by atoms with van der Waals surface area (Å²) in [6.07, 6.45) is 0.0209. The second-order valence-corrected chi connectivity index (χ2v) is 11.5. The highest BCUT2D eigenvalue weighted by atomic mass is 16.5. The van der Waals surface area contributed by atoms with Crippen molar-refractivity contribution in [1.29, 1.82) is 0 Å². The number of nitrogens with one attached hydrogen (secondary N) is 1. The van der Waals surface area contributed by atoms with Crippen molar-refractivity contribution >= 4 is 28.9 Å². The van der Waals surface area contributed by atoms with E-state index in [9.17, 15) is 14.7 Å². The lowest BCUT2D eigenvalue weighted by Crippen LogP contribution is -2.47. The molecule has 9 heteroatoms. The van der Waals surface area contributed by atoms with Gasteiger partial charge in [-0.05, 0) is 62.0 Å². The van der Waals surface area contributed by atoms with E-state index >= 15 is 0 Å². The van der Waals surface area contributed by atoms with E-state index in [1.165, 1.54) is 0 Å². The van der Waals surface area contributed by atoms with Crippen molar-refractivity contribution in [3.63, 3.8) is 0 Å². The van der Waals surface area contributed by atoms with E-state index in [0.29, 0.717) is 42.3 Å². The summed E-state index contributed by atoms with van der Waals surface area (Å²) in [5, 5.41) is 12.7. The molecule has 1 heterocycles. The molecule has 0 fully saturated rings. The molecule has 0 bridgehead atoms. The van der Waals surface area contributed by atoms with Gasteiger partial charge in [-0.25, -0.2) is 0 Å². The van der Waals surface area contributed by atoms with E-state index in [1.54, 1.807) is 17.0 Å². The molecule has 1 aliphatic heterocycles. The Kier molecular flexibility index (Phi) is 10.1. The summed E-state index contributed by atoms with van der Waals surface area (Å²) in [5.74, 6) is 0.499. The second kappa shape index (κ2) is 13.7. The van der Waals surface area contributed by atoms with Crippen LogP contribution in [0.5, 0.6) is 5.75 Å². The fourth-order valence-electron chi connectivity index (χ4n) is 5.16. The number of nitrogen functional groups attached to an aromatic ring is 1. The molecular formula is C33H43N5O4. The summed E-state index contributed by atoms with van der Waals surface area (Å²) < 4.78 is 6.63. The minimum absolute atomic E-state index is 0.0152. The zero-order chi connectivity index (χ0) is 30.4. The number of anilines is 3. The number of fused-ring (bicyclic) bond motifs is 1. The number of aliphatic hydroxyl groups excluding tert-OH is 1. The van der Waals surface area contributed by atoms with Crippen molar-refractivity contribution in [1.82, 2.24) is 9.80 Å². The van der Waals surface area contributed by atoms with Gasteiger partial charge in [-0.15, -0.1) is 0 Å². The largest absolute Gasteiger partial charge is 0.488 e. The van der Waals surface area contributed by atoms with E-state index in [1.807, 2.05) is 87.6 Å². The molecule has 3 aromatic carbocycles. The molecule has 0 aromatic heterocycles. The molecular weight excluding hydrogens is 530 g/mol. The number of nitrogens with two attached hydrogens (primary N) is 1. The van der Waals surface area contributed by atoms with Crippen LogP contribution in [0.15, 0.2) is 66.7 Å². The van der Waals surface area contributed by atoms with Gasteiger partial charge >= 0.3 is 0 Å². The summed E-state index contributed by atoms with van der Waals surface area (Å²) >= 11 is 0. The van der Waals surface area contributed by atoms with E-state index in [4.69, 9.17) is 10.5 Å². The number of hydrogen-bond acceptors (Lipinski definition) is 7. The molecule has 2 amide bonds. The fraction of sp³-hybridized carbons (Fsp3) is 0.394. The summed E-state index contributed by atoms with van der Waals surface area (Å²) in [5.41, 5.74) is 10.5. The fourth-order valence-corrected chi connectivity index (χ4v) is 5.16. The van der Waals surface area contributed by atoms with Gasteiger partial charge in [-0.2, -0.15) is 0 Å². The third kappa shape index (κ3) is 7.60. The average molecular weight is 574 g/mol. The number of nitrogens with zero attached hydrogens (tertiary/aromatic N) is 3. The minimum Gasteiger partial charge on any atom is -0.488 e. The highest BCUT2D eigenvalue weighted by Gasteiger charge is 2.31. The SMILES string of the molecule is C[C@@H]1CN([C@H](C)CO)C(=O)Cc2cc(N(C)C)ccc2O[C@H]1CN(C)Cc1ccc(C(=O)Nc2ccccc2N)cc1. The van der Waals surface area contributed by atoms with E-state index in [0.717, 1.165) is 16.8 Å². The lowest BCUT2D eigenvalue weighted by atomic mass is 10.0. The van der Waals surface area contributed by atoms with Crippen molar-refractivity contribution < 1.29 is 19.4 Å². The lowest BCUT2D eigenvalue weighted by molar-refractivity contribution is -0.134. The average Bonchev–Trinajstić information content (AvgIpc) is 3.01. The molecule has 1 aliphatic rings. The minimum atomic E-state index is -0.286. The molecule has 3 atom stereocenters. The van der Waals surface area contributed by atoms with Crippen LogP contribution in [0.4, 0.5) is 17.1 Å². The number of para-hydroxylation sites is 2. The molecule has 224 valence electrons. The topological polar surface area (TPSA) is 111 Å². The Morgan fingerprint density at radius 1 is 1.12 bits per heavy atom. The predicted molar refractivity (Wildman–Crippen MR) is 168 cm³/mol. The lowest BCUT2D eigenvalue weighted by Gasteiger charge is -2.34. The Morgan fingerprint density at radius 2 is 1.83 bits per heavy atom. The number of ether oxygens (including phenoxy) is 1. The highest BCUT2D eigenvalue weighted by molar-refractivity contribution is 6.05. The van der Waals surface area contributed by atoms with Crippen LogP contribution >= 0.6 is 0 Å². The molecule has 0 unspecified atom stereocenters. The Bertz CT molecular complexity index is 1380. The van der Waals surface area contributed by atoms with Crippen LogP contribution in [-0.4, -0.2) is 79.7 Å². The first-order chi connectivity index (χ1) is 20.0. The number of rotatable bonds is 9. The first-order valence-corrected chi connectivity index (χ1v) is 14.4. The summed E-state index contributed by atoms with van der Waals surface area (Å²) in [6.45, 7) is 5.64. The zero-order valence-corrected chi connectivity index (χ0v) is 25.2. The standard InChI is InChI=1S/C33H43N5O4/c1-22-18-38(23(2)21-39)32(40)17-26-16-27(36(3)4)14-15-30(26)42-31(22)20-37(5)19-24-10-12-25(13-11-24)33(41)35-29-9-7-6-8-28(29)34/h6-16,22-23,31,39H,17-21,34H2,1-5H3,(H,35,41)/t22-,23-,31+/m1/s1. The van der Waals surface area contributed by atoms with Gasteiger partial charge in [-0.1, -0.05) is 31.2 Å². The molecule has 4 rings (SSSR count). The smallest absolute Gasteiger partial charge is 0.255 e. The summed E-state index contributed by atoms with van der Waals surface area (Å²) in [6, 6.07) is 20.4.